The monoisotopic (exact) mass is 701 g/mol. The first kappa shape index (κ1) is 36.1. The summed E-state index contributed by atoms with van der Waals surface area (Å²) in [6.07, 6.45) is 7.36. The van der Waals surface area contributed by atoms with Crippen LogP contribution >= 0.6 is 0 Å². The van der Waals surface area contributed by atoms with Gasteiger partial charge in [0.1, 0.15) is 23.6 Å². The van der Waals surface area contributed by atoms with E-state index in [0.29, 0.717) is 49.5 Å². The minimum absolute atomic E-state index is 0.0429. The minimum atomic E-state index is -0.765. The summed E-state index contributed by atoms with van der Waals surface area (Å²) in [7, 11) is 0. The zero-order valence-electron chi connectivity index (χ0n) is 30.4. The zero-order valence-corrected chi connectivity index (χ0v) is 30.4. The Bertz CT molecular complexity index is 1760. The smallest absolute Gasteiger partial charge is 0.419 e. The van der Waals surface area contributed by atoms with Crippen LogP contribution in [0.4, 0.5) is 18.8 Å². The van der Waals surface area contributed by atoms with E-state index in [0.717, 1.165) is 40.1 Å². The maximum Gasteiger partial charge on any atom is 0.419 e. The molecule has 0 saturated heterocycles. The van der Waals surface area contributed by atoms with Gasteiger partial charge in [-0.15, -0.1) is 0 Å². The first-order chi connectivity index (χ1) is 24.1. The number of halogens is 1. The van der Waals surface area contributed by atoms with E-state index in [1.807, 2.05) is 47.3 Å². The average molecular weight is 702 g/mol. The predicted molar refractivity (Wildman–Crippen MR) is 189 cm³/mol. The lowest BCUT2D eigenvalue weighted by Gasteiger charge is -2.38. The number of nitrogens with zero attached hydrogens (tertiary/aromatic N) is 5. The molecule has 2 fully saturated rings. The Morgan fingerprint density at radius 3 is 2.22 bits per heavy atom. The summed E-state index contributed by atoms with van der Waals surface area (Å²) in [4.78, 5) is 46.2. The fourth-order valence-electron chi connectivity index (χ4n) is 6.40. The number of hydrogen-bond donors (Lipinski definition) is 0. The number of pyridine rings is 1. The van der Waals surface area contributed by atoms with Gasteiger partial charge in [-0.1, -0.05) is 36.4 Å². The Morgan fingerprint density at radius 1 is 0.961 bits per heavy atom. The molecule has 0 atom stereocenters. The molecule has 2 aromatic heterocycles. The molecule has 2 aliphatic carbocycles. The van der Waals surface area contributed by atoms with Crippen LogP contribution in [0.3, 0.4) is 0 Å². The van der Waals surface area contributed by atoms with E-state index in [1.165, 1.54) is 12.3 Å². The maximum atomic E-state index is 14.7. The average Bonchev–Trinajstić information content (AvgIpc) is 3.80. The lowest BCUT2D eigenvalue weighted by Crippen LogP contribution is -2.47. The third-order valence-corrected chi connectivity index (χ3v) is 9.11. The van der Waals surface area contributed by atoms with Crippen molar-refractivity contribution in [3.8, 4) is 11.3 Å². The second-order valence-corrected chi connectivity index (χ2v) is 15.8. The molecule has 3 heterocycles. The fourth-order valence-corrected chi connectivity index (χ4v) is 6.40. The summed E-state index contributed by atoms with van der Waals surface area (Å²) in [5.41, 5.74) is 3.52. The highest BCUT2D eigenvalue weighted by molar-refractivity contribution is 5.88. The summed E-state index contributed by atoms with van der Waals surface area (Å²) in [5.74, 6) is -0.0794. The molecule has 0 radical (unpaired) electrons. The van der Waals surface area contributed by atoms with Gasteiger partial charge in [0.2, 0.25) is 0 Å². The van der Waals surface area contributed by atoms with Crippen LogP contribution in [-0.2, 0) is 20.8 Å². The van der Waals surface area contributed by atoms with E-state index in [9.17, 15) is 18.8 Å². The van der Waals surface area contributed by atoms with Crippen molar-refractivity contribution in [2.24, 2.45) is 5.92 Å². The summed E-state index contributed by atoms with van der Waals surface area (Å²) in [5, 5.41) is 5.04. The van der Waals surface area contributed by atoms with E-state index >= 15 is 0 Å². The highest BCUT2D eigenvalue weighted by Crippen LogP contribution is 2.47. The molecular weight excluding hydrogens is 653 g/mol. The summed E-state index contributed by atoms with van der Waals surface area (Å²) >= 11 is 0. The van der Waals surface area contributed by atoms with Crippen molar-refractivity contribution >= 4 is 23.9 Å². The number of imide groups is 1. The van der Waals surface area contributed by atoms with Gasteiger partial charge in [-0.3, -0.25) is 9.67 Å². The molecule has 3 aliphatic rings. The van der Waals surface area contributed by atoms with Gasteiger partial charge in [0.25, 0.3) is 0 Å². The van der Waals surface area contributed by atoms with Crippen molar-refractivity contribution in [2.45, 2.75) is 103 Å². The molecule has 3 aromatic rings. The van der Waals surface area contributed by atoms with Crippen LogP contribution in [0.25, 0.3) is 16.8 Å². The molecule has 51 heavy (non-hydrogen) atoms. The van der Waals surface area contributed by atoms with E-state index in [4.69, 9.17) is 19.3 Å². The van der Waals surface area contributed by atoms with E-state index in [1.54, 1.807) is 46.4 Å². The van der Waals surface area contributed by atoms with Crippen LogP contribution in [0.1, 0.15) is 102 Å². The van der Waals surface area contributed by atoms with Gasteiger partial charge in [-0.05, 0) is 96.8 Å². The standard InChI is InChI=1S/C39H48FN5O6/c1-38(2,3)50-36(47)44(37(48)51-39(4,5)6)22-26-18-30(19-26)45-23-32(33(42-45)28-12-13-28)34-31(20-29(40)21-41-34)27-14-16-43(17-15-27)35(46)49-24-25-10-8-7-9-11-25/h7-11,14,20-21,23,26,28,30H,12-13,15-19,22,24H2,1-6H3/t26-,30-. The van der Waals surface area contributed by atoms with Crippen molar-refractivity contribution in [1.29, 1.82) is 0 Å². The van der Waals surface area contributed by atoms with Crippen LogP contribution < -0.4 is 0 Å². The van der Waals surface area contributed by atoms with Crippen molar-refractivity contribution < 1.29 is 33.0 Å². The van der Waals surface area contributed by atoms with Gasteiger partial charge in [0, 0.05) is 42.9 Å². The Kier molecular flexibility index (Phi) is 10.2. The van der Waals surface area contributed by atoms with Gasteiger partial charge >= 0.3 is 18.3 Å². The summed E-state index contributed by atoms with van der Waals surface area (Å²) in [6, 6.07) is 11.1. The molecule has 6 rings (SSSR count). The largest absolute Gasteiger partial charge is 0.445 e. The molecule has 0 bridgehead atoms. The van der Waals surface area contributed by atoms with Crippen molar-refractivity contribution in [3.05, 3.63) is 77.5 Å². The number of hydrogen-bond acceptors (Lipinski definition) is 8. The van der Waals surface area contributed by atoms with E-state index in [2.05, 4.69) is 4.98 Å². The normalized spacial score (nSPS) is 19.1. The topological polar surface area (TPSA) is 116 Å². The Balaban J connectivity index is 1.16. The number of rotatable bonds is 8. The van der Waals surface area contributed by atoms with E-state index in [-0.39, 0.29) is 31.2 Å². The Hall–Kier alpha value is -4.74. The molecular formula is C39H48FN5O6. The number of carbonyl (C=O) groups is 3. The lowest BCUT2D eigenvalue weighted by atomic mass is 9.80. The van der Waals surface area contributed by atoms with Crippen LogP contribution in [0, 0.1) is 11.7 Å². The summed E-state index contributed by atoms with van der Waals surface area (Å²) in [6.45, 7) is 11.7. The third-order valence-electron chi connectivity index (χ3n) is 9.11. The van der Waals surface area contributed by atoms with Crippen LogP contribution in [0.15, 0.2) is 54.9 Å². The number of aromatic nitrogens is 3. The quantitative estimate of drug-likeness (QED) is 0.215. The molecule has 2 saturated carbocycles. The highest BCUT2D eigenvalue weighted by atomic mass is 19.1. The van der Waals surface area contributed by atoms with Crippen molar-refractivity contribution in [2.75, 3.05) is 19.6 Å². The molecule has 11 nitrogen and oxygen atoms in total. The minimum Gasteiger partial charge on any atom is -0.445 e. The van der Waals surface area contributed by atoms with Gasteiger partial charge in [0.05, 0.1) is 23.6 Å². The number of carbonyl (C=O) groups excluding carboxylic acids is 3. The lowest BCUT2D eigenvalue weighted by molar-refractivity contribution is -0.00643. The Morgan fingerprint density at radius 2 is 1.63 bits per heavy atom. The van der Waals surface area contributed by atoms with Crippen LogP contribution in [-0.4, -0.2) is 73.7 Å². The van der Waals surface area contributed by atoms with Gasteiger partial charge in [-0.2, -0.15) is 5.10 Å². The molecule has 1 aliphatic heterocycles. The number of benzene rings is 1. The van der Waals surface area contributed by atoms with Crippen LogP contribution in [0.5, 0.6) is 0 Å². The molecule has 0 spiro atoms. The Labute approximate surface area is 298 Å². The molecule has 3 amide bonds. The molecule has 0 unspecified atom stereocenters. The first-order valence-electron chi connectivity index (χ1n) is 17.8. The molecule has 1 aromatic carbocycles. The second-order valence-electron chi connectivity index (χ2n) is 15.8. The van der Waals surface area contributed by atoms with Crippen molar-refractivity contribution in [1.82, 2.24) is 24.6 Å². The predicted octanol–water partition coefficient (Wildman–Crippen LogP) is 8.51. The van der Waals surface area contributed by atoms with Gasteiger partial charge in [0.15, 0.2) is 0 Å². The second kappa shape index (κ2) is 14.5. The van der Waals surface area contributed by atoms with Crippen LogP contribution in [0.2, 0.25) is 0 Å². The summed E-state index contributed by atoms with van der Waals surface area (Å²) < 4.78 is 33.3. The van der Waals surface area contributed by atoms with Gasteiger partial charge < -0.3 is 19.1 Å². The van der Waals surface area contributed by atoms with Crippen molar-refractivity contribution in [3.63, 3.8) is 0 Å². The first-order valence-corrected chi connectivity index (χ1v) is 17.8. The highest BCUT2D eigenvalue weighted by Gasteiger charge is 2.40. The number of ether oxygens (including phenoxy) is 3. The zero-order chi connectivity index (χ0) is 36.5. The molecule has 12 heteroatoms. The van der Waals surface area contributed by atoms with E-state index < -0.39 is 29.2 Å². The van der Waals surface area contributed by atoms with Gasteiger partial charge in [-0.25, -0.2) is 23.7 Å². The molecule has 272 valence electrons. The fraction of sp³-hybridized carbons (Fsp3) is 0.513. The number of amides is 3. The molecule has 0 N–H and O–H groups in total. The third kappa shape index (κ3) is 9.14. The SMILES string of the molecule is CC(C)(C)OC(=O)N(C[C@H]1C[C@H](n2cc(-c3ncc(F)cc3C3=CCN(C(=O)OCc4ccccc4)CC3)c(C3CC3)n2)C1)C(=O)OC(C)(C)C. The maximum absolute atomic E-state index is 14.7.